The van der Waals surface area contributed by atoms with E-state index in [4.69, 9.17) is 0 Å². The van der Waals surface area contributed by atoms with E-state index in [1.54, 1.807) is 24.3 Å². The first-order valence-corrected chi connectivity index (χ1v) is 10.2. The first kappa shape index (κ1) is 21.0. The number of carbonyl (C=O) groups is 2. The molecule has 2 aromatic rings. The number of amides is 2. The summed E-state index contributed by atoms with van der Waals surface area (Å²) in [7, 11) is 0. The first-order chi connectivity index (χ1) is 14.1. The van der Waals surface area contributed by atoms with Gasteiger partial charge in [0.05, 0.1) is 0 Å². The fraction of sp³-hybridized carbons (Fsp3) is 0.391. The molecule has 0 spiro atoms. The molecule has 154 valence electrons. The van der Waals surface area contributed by atoms with Gasteiger partial charge in [-0.15, -0.1) is 0 Å². The van der Waals surface area contributed by atoms with Crippen molar-refractivity contribution in [2.24, 2.45) is 0 Å². The third kappa shape index (κ3) is 7.00. The van der Waals surface area contributed by atoms with E-state index in [0.717, 1.165) is 45.7 Å². The van der Waals surface area contributed by atoms with Gasteiger partial charge >= 0.3 is 6.03 Å². The zero-order valence-corrected chi connectivity index (χ0v) is 17.1. The van der Waals surface area contributed by atoms with E-state index in [1.807, 2.05) is 0 Å². The molecule has 0 bridgehead atoms. The summed E-state index contributed by atoms with van der Waals surface area (Å²) in [4.78, 5) is 28.2. The number of rotatable bonds is 8. The van der Waals surface area contributed by atoms with Crippen LogP contribution in [-0.4, -0.2) is 60.9 Å². The standard InChI is InChI=1S/C23H30N4O2/c1-19(28)21-8-10-22(11-9-21)25-23(29)24-12-5-13-26-14-16-27(17-15-26)18-20-6-3-2-4-7-20/h2-4,6-11H,5,12-18H2,1H3,(H2,24,25,29). The molecule has 0 unspecified atom stereocenters. The number of piperazine rings is 1. The number of ketones is 1. The average molecular weight is 395 g/mol. The zero-order valence-electron chi connectivity index (χ0n) is 17.1. The summed E-state index contributed by atoms with van der Waals surface area (Å²) < 4.78 is 0. The smallest absolute Gasteiger partial charge is 0.319 e. The Bertz CT molecular complexity index is 784. The second kappa shape index (κ2) is 10.7. The molecule has 1 heterocycles. The van der Waals surface area contributed by atoms with Crippen LogP contribution >= 0.6 is 0 Å². The van der Waals surface area contributed by atoms with Crippen LogP contribution in [0.3, 0.4) is 0 Å². The topological polar surface area (TPSA) is 64.7 Å². The Balaban J connectivity index is 1.28. The number of anilines is 1. The van der Waals surface area contributed by atoms with Crippen LogP contribution < -0.4 is 10.6 Å². The van der Waals surface area contributed by atoms with Gasteiger partial charge in [-0.1, -0.05) is 30.3 Å². The van der Waals surface area contributed by atoms with E-state index in [1.165, 1.54) is 12.5 Å². The van der Waals surface area contributed by atoms with Crippen molar-refractivity contribution in [3.8, 4) is 0 Å². The number of benzene rings is 2. The highest BCUT2D eigenvalue weighted by atomic mass is 16.2. The van der Waals surface area contributed by atoms with Crippen LogP contribution in [0.2, 0.25) is 0 Å². The van der Waals surface area contributed by atoms with Gasteiger partial charge in [-0.05, 0) is 49.7 Å². The lowest BCUT2D eigenvalue weighted by Crippen LogP contribution is -2.46. The number of nitrogens with zero attached hydrogens (tertiary/aromatic N) is 2. The Labute approximate surface area is 172 Å². The van der Waals surface area contributed by atoms with Crippen LogP contribution in [-0.2, 0) is 6.54 Å². The molecule has 2 aromatic carbocycles. The van der Waals surface area contributed by atoms with Gasteiger partial charge in [-0.25, -0.2) is 4.79 Å². The molecule has 1 fully saturated rings. The minimum Gasteiger partial charge on any atom is -0.338 e. The van der Waals surface area contributed by atoms with Gasteiger partial charge in [0.2, 0.25) is 0 Å². The molecule has 1 aliphatic rings. The molecule has 2 N–H and O–H groups in total. The van der Waals surface area contributed by atoms with E-state index < -0.39 is 0 Å². The zero-order chi connectivity index (χ0) is 20.5. The van der Waals surface area contributed by atoms with Gasteiger partial charge in [-0.3, -0.25) is 9.69 Å². The number of hydrogen-bond donors (Lipinski definition) is 2. The van der Waals surface area contributed by atoms with E-state index in [2.05, 4.69) is 50.8 Å². The summed E-state index contributed by atoms with van der Waals surface area (Å²) in [6, 6.07) is 17.3. The van der Waals surface area contributed by atoms with Crippen LogP contribution in [0.15, 0.2) is 54.6 Å². The number of urea groups is 1. The summed E-state index contributed by atoms with van der Waals surface area (Å²) >= 11 is 0. The van der Waals surface area contributed by atoms with Gasteiger partial charge in [-0.2, -0.15) is 0 Å². The molecular formula is C23H30N4O2. The van der Waals surface area contributed by atoms with Crippen molar-refractivity contribution < 1.29 is 9.59 Å². The molecule has 0 radical (unpaired) electrons. The lowest BCUT2D eigenvalue weighted by molar-refractivity contribution is 0.101. The maximum atomic E-state index is 12.0. The van der Waals surface area contributed by atoms with E-state index in [0.29, 0.717) is 17.8 Å². The Kier molecular flexibility index (Phi) is 7.78. The van der Waals surface area contributed by atoms with Crippen LogP contribution in [0, 0.1) is 0 Å². The Morgan fingerprint density at radius 3 is 2.21 bits per heavy atom. The second-order valence-electron chi connectivity index (χ2n) is 7.47. The summed E-state index contributed by atoms with van der Waals surface area (Å²) in [5, 5.41) is 5.69. The van der Waals surface area contributed by atoms with Crippen LogP contribution in [0.5, 0.6) is 0 Å². The Hall–Kier alpha value is -2.70. The lowest BCUT2D eigenvalue weighted by atomic mass is 10.1. The fourth-order valence-electron chi connectivity index (χ4n) is 3.48. The normalized spacial score (nSPS) is 15.1. The van der Waals surface area contributed by atoms with Crippen molar-refractivity contribution in [3.63, 3.8) is 0 Å². The molecule has 6 nitrogen and oxygen atoms in total. The quantitative estimate of drug-likeness (QED) is 0.533. The van der Waals surface area contributed by atoms with Gasteiger partial charge < -0.3 is 15.5 Å². The summed E-state index contributed by atoms with van der Waals surface area (Å²) in [6.45, 7) is 8.48. The Morgan fingerprint density at radius 1 is 0.897 bits per heavy atom. The van der Waals surface area contributed by atoms with E-state index >= 15 is 0 Å². The molecule has 1 saturated heterocycles. The molecule has 0 aliphatic carbocycles. The Morgan fingerprint density at radius 2 is 1.55 bits per heavy atom. The number of Topliss-reactive ketones (excluding diaryl/α,β-unsaturated/α-hetero) is 1. The average Bonchev–Trinajstić information content (AvgIpc) is 2.73. The molecule has 2 amide bonds. The van der Waals surface area contributed by atoms with E-state index in [9.17, 15) is 9.59 Å². The third-order valence-corrected chi connectivity index (χ3v) is 5.20. The van der Waals surface area contributed by atoms with E-state index in [-0.39, 0.29) is 11.8 Å². The highest BCUT2D eigenvalue weighted by molar-refractivity contribution is 5.95. The molecule has 29 heavy (non-hydrogen) atoms. The first-order valence-electron chi connectivity index (χ1n) is 10.2. The summed E-state index contributed by atoms with van der Waals surface area (Å²) in [5.41, 5.74) is 2.69. The number of carbonyl (C=O) groups excluding carboxylic acids is 2. The van der Waals surface area contributed by atoms with Crippen molar-refractivity contribution in [3.05, 3.63) is 65.7 Å². The second-order valence-corrected chi connectivity index (χ2v) is 7.47. The molecule has 0 aromatic heterocycles. The molecule has 1 aliphatic heterocycles. The number of hydrogen-bond acceptors (Lipinski definition) is 4. The van der Waals surface area contributed by atoms with Gasteiger partial charge in [0.25, 0.3) is 0 Å². The fourth-order valence-corrected chi connectivity index (χ4v) is 3.48. The van der Waals surface area contributed by atoms with Crippen LogP contribution in [0.1, 0.15) is 29.3 Å². The highest BCUT2D eigenvalue weighted by Crippen LogP contribution is 2.10. The lowest BCUT2D eigenvalue weighted by Gasteiger charge is -2.34. The van der Waals surface area contributed by atoms with Crippen molar-refractivity contribution >= 4 is 17.5 Å². The van der Waals surface area contributed by atoms with Crippen molar-refractivity contribution in [2.45, 2.75) is 19.9 Å². The molecular weight excluding hydrogens is 364 g/mol. The van der Waals surface area contributed by atoms with Crippen molar-refractivity contribution in [2.75, 3.05) is 44.6 Å². The maximum Gasteiger partial charge on any atom is 0.319 e. The van der Waals surface area contributed by atoms with Gasteiger partial charge in [0, 0.05) is 50.5 Å². The van der Waals surface area contributed by atoms with Gasteiger partial charge in [0.15, 0.2) is 5.78 Å². The molecule has 3 rings (SSSR count). The predicted molar refractivity (Wildman–Crippen MR) is 116 cm³/mol. The van der Waals surface area contributed by atoms with Crippen LogP contribution in [0.25, 0.3) is 0 Å². The molecule has 0 atom stereocenters. The molecule has 6 heteroatoms. The van der Waals surface area contributed by atoms with Crippen molar-refractivity contribution in [1.82, 2.24) is 15.1 Å². The largest absolute Gasteiger partial charge is 0.338 e. The monoisotopic (exact) mass is 394 g/mol. The van der Waals surface area contributed by atoms with Crippen molar-refractivity contribution in [1.29, 1.82) is 0 Å². The predicted octanol–water partition coefficient (Wildman–Crippen LogP) is 3.22. The van der Waals surface area contributed by atoms with Crippen LogP contribution in [0.4, 0.5) is 10.5 Å². The highest BCUT2D eigenvalue weighted by Gasteiger charge is 2.16. The third-order valence-electron chi connectivity index (χ3n) is 5.20. The summed E-state index contributed by atoms with van der Waals surface area (Å²) in [5.74, 6) is 0.0156. The maximum absolute atomic E-state index is 12.0. The minimum atomic E-state index is -0.215. The summed E-state index contributed by atoms with van der Waals surface area (Å²) in [6.07, 6.45) is 0.926. The minimum absolute atomic E-state index is 0.0156. The number of nitrogens with one attached hydrogen (secondary N) is 2. The van der Waals surface area contributed by atoms with Gasteiger partial charge in [0.1, 0.15) is 0 Å². The molecule has 0 saturated carbocycles. The SMILES string of the molecule is CC(=O)c1ccc(NC(=O)NCCCN2CCN(Cc3ccccc3)CC2)cc1.